The second-order valence-electron chi connectivity index (χ2n) is 5.59. The molecular formula is C12H25F3N2. The van der Waals surface area contributed by atoms with Gasteiger partial charge in [-0.05, 0) is 53.8 Å². The highest BCUT2D eigenvalue weighted by molar-refractivity contribution is 4.69. The van der Waals surface area contributed by atoms with Crippen molar-refractivity contribution in [2.75, 3.05) is 26.7 Å². The Morgan fingerprint density at radius 3 is 2.06 bits per heavy atom. The van der Waals surface area contributed by atoms with Gasteiger partial charge >= 0.3 is 6.18 Å². The molecule has 0 rings (SSSR count). The lowest BCUT2D eigenvalue weighted by Crippen LogP contribution is -2.36. The largest absolute Gasteiger partial charge is 0.401 e. The van der Waals surface area contributed by atoms with Crippen LogP contribution in [0.4, 0.5) is 13.2 Å². The molecule has 0 aliphatic carbocycles. The molecule has 0 heterocycles. The Morgan fingerprint density at radius 2 is 1.59 bits per heavy atom. The maximum absolute atomic E-state index is 12.0. The fraction of sp³-hybridized carbons (Fsp3) is 1.00. The van der Waals surface area contributed by atoms with E-state index < -0.39 is 12.7 Å². The fourth-order valence-corrected chi connectivity index (χ4v) is 1.53. The first-order valence-electron chi connectivity index (χ1n) is 6.10. The third kappa shape index (κ3) is 13.6. The lowest BCUT2D eigenvalue weighted by molar-refractivity contribution is -0.143. The van der Waals surface area contributed by atoms with Crippen LogP contribution in [0.2, 0.25) is 0 Å². The number of alkyl halides is 3. The second-order valence-corrected chi connectivity index (χ2v) is 5.59. The fourth-order valence-electron chi connectivity index (χ4n) is 1.53. The molecule has 0 bridgehead atoms. The molecule has 0 aromatic carbocycles. The van der Waals surface area contributed by atoms with Crippen molar-refractivity contribution in [1.29, 1.82) is 0 Å². The lowest BCUT2D eigenvalue weighted by Gasteiger charge is -2.21. The van der Waals surface area contributed by atoms with Gasteiger partial charge in [0.05, 0.1) is 6.54 Å². The molecule has 0 fully saturated rings. The molecule has 0 spiro atoms. The van der Waals surface area contributed by atoms with Gasteiger partial charge in [-0.25, -0.2) is 0 Å². The van der Waals surface area contributed by atoms with Crippen molar-refractivity contribution in [3.63, 3.8) is 0 Å². The van der Waals surface area contributed by atoms with Crippen LogP contribution in [0.25, 0.3) is 0 Å². The van der Waals surface area contributed by atoms with Crippen LogP contribution in [0.3, 0.4) is 0 Å². The van der Waals surface area contributed by atoms with Gasteiger partial charge in [0.15, 0.2) is 0 Å². The molecular weight excluding hydrogens is 229 g/mol. The molecule has 0 amide bonds. The molecule has 0 aliphatic rings. The van der Waals surface area contributed by atoms with Crippen molar-refractivity contribution in [2.24, 2.45) is 0 Å². The smallest absolute Gasteiger partial charge is 0.312 e. The van der Waals surface area contributed by atoms with Crippen LogP contribution in [0.5, 0.6) is 0 Å². The zero-order chi connectivity index (χ0) is 13.5. The van der Waals surface area contributed by atoms with Crippen LogP contribution in [0.1, 0.15) is 40.0 Å². The molecule has 0 saturated carbocycles. The van der Waals surface area contributed by atoms with Gasteiger partial charge in [-0.3, -0.25) is 4.90 Å². The highest BCUT2D eigenvalue weighted by Gasteiger charge is 2.28. The van der Waals surface area contributed by atoms with E-state index in [4.69, 9.17) is 0 Å². The van der Waals surface area contributed by atoms with Gasteiger partial charge in [-0.15, -0.1) is 0 Å². The number of unbranched alkanes of at least 4 members (excludes halogenated alkanes) is 2. The van der Waals surface area contributed by atoms with E-state index in [0.717, 1.165) is 25.8 Å². The monoisotopic (exact) mass is 254 g/mol. The number of rotatable bonds is 7. The Labute approximate surface area is 103 Å². The summed E-state index contributed by atoms with van der Waals surface area (Å²) in [6.07, 6.45) is -1.29. The van der Waals surface area contributed by atoms with Crippen LogP contribution in [-0.2, 0) is 0 Å². The normalized spacial score (nSPS) is 13.4. The topological polar surface area (TPSA) is 15.3 Å². The third-order valence-electron chi connectivity index (χ3n) is 2.32. The molecule has 0 unspecified atom stereocenters. The van der Waals surface area contributed by atoms with Crippen LogP contribution in [0.15, 0.2) is 0 Å². The van der Waals surface area contributed by atoms with Crippen LogP contribution in [-0.4, -0.2) is 43.3 Å². The molecule has 0 saturated heterocycles. The van der Waals surface area contributed by atoms with Crippen molar-refractivity contribution < 1.29 is 13.2 Å². The first-order chi connectivity index (χ1) is 7.60. The summed E-state index contributed by atoms with van der Waals surface area (Å²) in [6.45, 7) is 6.92. The number of halogens is 3. The zero-order valence-electron chi connectivity index (χ0n) is 11.3. The molecule has 5 heteroatoms. The van der Waals surface area contributed by atoms with Crippen LogP contribution < -0.4 is 5.32 Å². The van der Waals surface area contributed by atoms with Crippen molar-refractivity contribution in [3.8, 4) is 0 Å². The summed E-state index contributed by atoms with van der Waals surface area (Å²) in [7, 11) is 1.51. The number of hydrogen-bond donors (Lipinski definition) is 1. The predicted molar refractivity (Wildman–Crippen MR) is 65.2 cm³/mol. The molecule has 0 aromatic heterocycles. The Balaban J connectivity index is 3.40. The Kier molecular flexibility index (Phi) is 7.09. The predicted octanol–water partition coefficient (Wildman–Crippen LogP) is 3.04. The zero-order valence-corrected chi connectivity index (χ0v) is 11.3. The summed E-state index contributed by atoms with van der Waals surface area (Å²) in [4.78, 5) is 1.33. The van der Waals surface area contributed by atoms with E-state index in [9.17, 15) is 13.2 Å². The van der Waals surface area contributed by atoms with E-state index in [2.05, 4.69) is 26.1 Å². The van der Waals surface area contributed by atoms with Gasteiger partial charge in [-0.2, -0.15) is 13.2 Å². The number of nitrogens with one attached hydrogen (secondary N) is 1. The molecule has 1 N–H and O–H groups in total. The molecule has 2 nitrogen and oxygen atoms in total. The van der Waals surface area contributed by atoms with Crippen molar-refractivity contribution >= 4 is 0 Å². The van der Waals surface area contributed by atoms with Gasteiger partial charge in [-0.1, -0.05) is 6.42 Å². The van der Waals surface area contributed by atoms with Gasteiger partial charge in [0.1, 0.15) is 0 Å². The molecule has 104 valence electrons. The van der Waals surface area contributed by atoms with Gasteiger partial charge in [0, 0.05) is 5.54 Å². The van der Waals surface area contributed by atoms with E-state index in [0.29, 0.717) is 6.54 Å². The van der Waals surface area contributed by atoms with E-state index in [1.165, 1.54) is 11.9 Å². The summed E-state index contributed by atoms with van der Waals surface area (Å²) in [5, 5.41) is 3.35. The van der Waals surface area contributed by atoms with Gasteiger partial charge in [0.25, 0.3) is 0 Å². The molecule has 0 radical (unpaired) electrons. The van der Waals surface area contributed by atoms with Gasteiger partial charge < -0.3 is 5.32 Å². The minimum absolute atomic E-state index is 0.118. The third-order valence-corrected chi connectivity index (χ3v) is 2.32. The molecule has 0 aromatic rings. The van der Waals surface area contributed by atoms with Crippen molar-refractivity contribution in [3.05, 3.63) is 0 Å². The molecule has 0 aliphatic heterocycles. The number of nitrogens with zero attached hydrogens (tertiary/aromatic N) is 1. The average molecular weight is 254 g/mol. The maximum atomic E-state index is 12.0. The summed E-state index contributed by atoms with van der Waals surface area (Å²) >= 11 is 0. The summed E-state index contributed by atoms with van der Waals surface area (Å²) in [5.41, 5.74) is 0.118. The number of hydrogen-bond acceptors (Lipinski definition) is 2. The molecule has 0 atom stereocenters. The van der Waals surface area contributed by atoms with Gasteiger partial charge in [0.2, 0.25) is 0 Å². The van der Waals surface area contributed by atoms with E-state index >= 15 is 0 Å². The van der Waals surface area contributed by atoms with Crippen LogP contribution >= 0.6 is 0 Å². The van der Waals surface area contributed by atoms with Crippen molar-refractivity contribution in [1.82, 2.24) is 10.2 Å². The highest BCUT2D eigenvalue weighted by Crippen LogP contribution is 2.15. The first kappa shape index (κ1) is 16.7. The SMILES string of the molecule is CN(CCCCCNC(C)(C)C)CC(F)(F)F. The van der Waals surface area contributed by atoms with Crippen molar-refractivity contribution in [2.45, 2.75) is 51.7 Å². The second kappa shape index (κ2) is 7.21. The first-order valence-corrected chi connectivity index (χ1v) is 6.10. The van der Waals surface area contributed by atoms with E-state index in [-0.39, 0.29) is 5.54 Å². The highest BCUT2D eigenvalue weighted by atomic mass is 19.4. The van der Waals surface area contributed by atoms with E-state index in [1.807, 2.05) is 0 Å². The Bertz CT molecular complexity index is 197. The lowest BCUT2D eigenvalue weighted by atomic mass is 10.1. The summed E-state index contributed by atoms with van der Waals surface area (Å²) in [6, 6.07) is 0. The quantitative estimate of drug-likeness (QED) is 0.702. The Morgan fingerprint density at radius 1 is 1.00 bits per heavy atom. The summed E-state index contributed by atoms with van der Waals surface area (Å²) in [5.74, 6) is 0. The van der Waals surface area contributed by atoms with Crippen LogP contribution in [0, 0.1) is 0 Å². The average Bonchev–Trinajstić information content (AvgIpc) is 2.06. The maximum Gasteiger partial charge on any atom is 0.401 e. The Hall–Kier alpha value is -0.290. The minimum atomic E-state index is -4.08. The standard InChI is InChI=1S/C12H25F3N2/c1-11(2,3)16-8-6-5-7-9-17(4)10-12(13,14)15/h16H,5-10H2,1-4H3. The van der Waals surface area contributed by atoms with E-state index in [1.54, 1.807) is 0 Å². The molecule has 17 heavy (non-hydrogen) atoms. The minimum Gasteiger partial charge on any atom is -0.312 e. The summed E-state index contributed by atoms with van der Waals surface area (Å²) < 4.78 is 36.0.